The van der Waals surface area contributed by atoms with Gasteiger partial charge in [0.25, 0.3) is 0 Å². The van der Waals surface area contributed by atoms with Gasteiger partial charge in [-0.25, -0.2) is 4.98 Å². The number of hydrogen-bond acceptors (Lipinski definition) is 3. The predicted molar refractivity (Wildman–Crippen MR) is 45.2 cm³/mol. The summed E-state index contributed by atoms with van der Waals surface area (Å²) in [5, 5.41) is 4.00. The van der Waals surface area contributed by atoms with E-state index in [2.05, 4.69) is 15.1 Å². The van der Waals surface area contributed by atoms with Crippen molar-refractivity contribution in [1.29, 1.82) is 0 Å². The Bertz CT molecular complexity index is 372. The number of aromatic nitrogens is 4. The van der Waals surface area contributed by atoms with E-state index in [1.807, 2.05) is 0 Å². The molecule has 2 rings (SSSR count). The van der Waals surface area contributed by atoms with Gasteiger partial charge < -0.3 is 10.7 Å². The molecule has 12 heavy (non-hydrogen) atoms. The van der Waals surface area contributed by atoms with Crippen molar-refractivity contribution in [1.82, 2.24) is 19.7 Å². The molecule has 2 aromatic heterocycles. The molecule has 0 atom stereocenters. The Morgan fingerprint density at radius 2 is 2.42 bits per heavy atom. The van der Waals surface area contributed by atoms with Crippen LogP contribution in [0.15, 0.2) is 18.6 Å². The smallest absolute Gasteiger partial charge is 0.142 e. The second-order valence-electron chi connectivity index (χ2n) is 2.50. The van der Waals surface area contributed by atoms with Gasteiger partial charge >= 0.3 is 0 Å². The number of nitrogens with one attached hydrogen (secondary N) is 1. The molecule has 0 unspecified atom stereocenters. The average Bonchev–Trinajstić information content (AvgIpc) is 2.64. The lowest BCUT2D eigenvalue weighted by molar-refractivity contribution is 0.779. The van der Waals surface area contributed by atoms with Crippen molar-refractivity contribution in [3.05, 3.63) is 18.6 Å². The van der Waals surface area contributed by atoms with Crippen LogP contribution in [0.5, 0.6) is 0 Å². The van der Waals surface area contributed by atoms with Crippen LogP contribution in [0.1, 0.15) is 0 Å². The second-order valence-corrected chi connectivity index (χ2v) is 2.50. The highest BCUT2D eigenvalue weighted by molar-refractivity contribution is 5.67. The minimum atomic E-state index is 0.616. The highest BCUT2D eigenvalue weighted by Gasteiger charge is 2.07. The number of rotatable bonds is 1. The first-order valence-electron chi connectivity index (χ1n) is 3.56. The Morgan fingerprint density at radius 1 is 1.58 bits per heavy atom. The van der Waals surface area contributed by atoms with E-state index in [-0.39, 0.29) is 0 Å². The van der Waals surface area contributed by atoms with Gasteiger partial charge in [0.15, 0.2) is 0 Å². The molecule has 0 aromatic carbocycles. The van der Waals surface area contributed by atoms with E-state index >= 15 is 0 Å². The van der Waals surface area contributed by atoms with E-state index in [1.165, 1.54) is 0 Å². The molecule has 5 nitrogen and oxygen atoms in total. The third-order valence-corrected chi connectivity index (χ3v) is 1.74. The lowest BCUT2D eigenvalue weighted by atomic mass is 10.3. The Balaban J connectivity index is 2.55. The number of nitrogens with zero attached hydrogens (tertiary/aromatic N) is 3. The molecule has 2 heterocycles. The van der Waals surface area contributed by atoms with Crippen molar-refractivity contribution >= 4 is 5.82 Å². The van der Waals surface area contributed by atoms with Gasteiger partial charge in [-0.2, -0.15) is 5.10 Å². The third-order valence-electron chi connectivity index (χ3n) is 1.74. The molecular weight excluding hydrogens is 154 g/mol. The zero-order chi connectivity index (χ0) is 8.55. The molecule has 5 heteroatoms. The zero-order valence-electron chi connectivity index (χ0n) is 6.65. The van der Waals surface area contributed by atoms with Gasteiger partial charge in [0.1, 0.15) is 11.6 Å². The summed E-state index contributed by atoms with van der Waals surface area (Å²) in [4.78, 5) is 7.03. The predicted octanol–water partition coefficient (Wildman–Crippen LogP) is 0.392. The molecule has 62 valence electrons. The first kappa shape index (κ1) is 6.90. The van der Waals surface area contributed by atoms with Gasteiger partial charge in [-0.1, -0.05) is 0 Å². The molecule has 0 aliphatic rings. The maximum Gasteiger partial charge on any atom is 0.142 e. The minimum absolute atomic E-state index is 0.616. The van der Waals surface area contributed by atoms with Gasteiger partial charge in [0.2, 0.25) is 0 Å². The monoisotopic (exact) mass is 163 g/mol. The van der Waals surface area contributed by atoms with Crippen LogP contribution in [0.25, 0.3) is 11.4 Å². The number of aromatic amines is 1. The van der Waals surface area contributed by atoms with Gasteiger partial charge in [0, 0.05) is 19.4 Å². The summed E-state index contributed by atoms with van der Waals surface area (Å²) in [5.41, 5.74) is 6.57. The number of nitrogens with two attached hydrogens (primary N) is 1. The van der Waals surface area contributed by atoms with Crippen LogP contribution in [0.4, 0.5) is 5.82 Å². The molecule has 0 amide bonds. The molecule has 0 spiro atoms. The van der Waals surface area contributed by atoms with Crippen LogP contribution in [0.3, 0.4) is 0 Å². The quantitative estimate of drug-likeness (QED) is 0.638. The van der Waals surface area contributed by atoms with Crippen LogP contribution >= 0.6 is 0 Å². The van der Waals surface area contributed by atoms with Crippen LogP contribution in [0, 0.1) is 0 Å². The van der Waals surface area contributed by atoms with E-state index < -0.39 is 0 Å². The summed E-state index contributed by atoms with van der Waals surface area (Å²) in [6.45, 7) is 0. The Morgan fingerprint density at radius 3 is 2.92 bits per heavy atom. The molecule has 0 saturated heterocycles. The van der Waals surface area contributed by atoms with E-state index in [0.717, 1.165) is 11.4 Å². The number of hydrogen-bond donors (Lipinski definition) is 2. The molecule has 0 bridgehead atoms. The fourth-order valence-electron chi connectivity index (χ4n) is 1.04. The van der Waals surface area contributed by atoms with Crippen LogP contribution in [0.2, 0.25) is 0 Å². The summed E-state index contributed by atoms with van der Waals surface area (Å²) in [5.74, 6) is 1.37. The number of nitrogen functional groups attached to an aromatic ring is 1. The SMILES string of the molecule is Cn1ncc(-c2ncc[nH]2)c1N. The van der Waals surface area contributed by atoms with Crippen molar-refractivity contribution in [2.75, 3.05) is 5.73 Å². The Labute approximate surface area is 69.2 Å². The van der Waals surface area contributed by atoms with Crippen molar-refractivity contribution in [2.24, 2.45) is 7.05 Å². The number of H-pyrrole nitrogens is 1. The number of aryl methyl sites for hydroxylation is 1. The minimum Gasteiger partial charge on any atom is -0.383 e. The fourth-order valence-corrected chi connectivity index (χ4v) is 1.04. The van der Waals surface area contributed by atoms with Crippen molar-refractivity contribution in [3.63, 3.8) is 0 Å². The average molecular weight is 163 g/mol. The summed E-state index contributed by atoms with van der Waals surface area (Å²) in [7, 11) is 1.79. The highest BCUT2D eigenvalue weighted by Crippen LogP contribution is 2.20. The van der Waals surface area contributed by atoms with E-state index in [4.69, 9.17) is 5.73 Å². The largest absolute Gasteiger partial charge is 0.383 e. The molecule has 0 saturated carbocycles. The Kier molecular flexibility index (Phi) is 1.36. The second kappa shape index (κ2) is 2.37. The van der Waals surface area contributed by atoms with Crippen molar-refractivity contribution in [2.45, 2.75) is 0 Å². The number of imidazole rings is 1. The topological polar surface area (TPSA) is 72.5 Å². The van der Waals surface area contributed by atoms with E-state index in [9.17, 15) is 0 Å². The van der Waals surface area contributed by atoms with E-state index in [1.54, 1.807) is 30.3 Å². The van der Waals surface area contributed by atoms with Gasteiger partial charge in [-0.05, 0) is 0 Å². The summed E-state index contributed by atoms with van der Waals surface area (Å²) in [6.07, 6.45) is 5.12. The first-order chi connectivity index (χ1) is 5.79. The van der Waals surface area contributed by atoms with Crippen molar-refractivity contribution < 1.29 is 0 Å². The van der Waals surface area contributed by atoms with Crippen molar-refractivity contribution in [3.8, 4) is 11.4 Å². The Hall–Kier alpha value is -1.78. The standard InChI is InChI=1S/C7H9N5/c1-12-6(8)5(4-11-12)7-9-2-3-10-7/h2-4H,8H2,1H3,(H,9,10). The molecule has 2 aromatic rings. The zero-order valence-corrected chi connectivity index (χ0v) is 6.65. The van der Waals surface area contributed by atoms with Crippen LogP contribution in [-0.2, 0) is 7.05 Å². The molecule has 0 fully saturated rings. The number of anilines is 1. The summed E-state index contributed by atoms with van der Waals surface area (Å²) >= 11 is 0. The first-order valence-corrected chi connectivity index (χ1v) is 3.56. The summed E-state index contributed by atoms with van der Waals surface area (Å²) < 4.78 is 1.61. The maximum atomic E-state index is 5.73. The lowest BCUT2D eigenvalue weighted by Crippen LogP contribution is -1.98. The van der Waals surface area contributed by atoms with Gasteiger partial charge in [-0.3, -0.25) is 4.68 Å². The normalized spacial score (nSPS) is 10.4. The maximum absolute atomic E-state index is 5.73. The molecule has 0 aliphatic heterocycles. The molecule has 3 N–H and O–H groups in total. The molecule has 0 aliphatic carbocycles. The lowest BCUT2D eigenvalue weighted by Gasteiger charge is -1.95. The van der Waals surface area contributed by atoms with Crippen LogP contribution in [-0.4, -0.2) is 19.7 Å². The van der Waals surface area contributed by atoms with E-state index in [0.29, 0.717) is 5.82 Å². The molecular formula is C7H9N5. The molecule has 0 radical (unpaired) electrons. The highest BCUT2D eigenvalue weighted by atomic mass is 15.3. The fraction of sp³-hybridized carbons (Fsp3) is 0.143. The van der Waals surface area contributed by atoms with Crippen LogP contribution < -0.4 is 5.73 Å². The van der Waals surface area contributed by atoms with Gasteiger partial charge in [0.05, 0.1) is 11.8 Å². The summed E-state index contributed by atoms with van der Waals surface area (Å²) in [6, 6.07) is 0. The third kappa shape index (κ3) is 0.868. The van der Waals surface area contributed by atoms with Gasteiger partial charge in [-0.15, -0.1) is 0 Å².